The number of thiophene rings is 1. The van der Waals surface area contributed by atoms with Gasteiger partial charge in [-0.2, -0.15) is 13.2 Å². The molecule has 0 aliphatic carbocycles. The number of hydrogen-bond acceptors (Lipinski definition) is 5. The van der Waals surface area contributed by atoms with E-state index in [1.54, 1.807) is 0 Å². The van der Waals surface area contributed by atoms with Crippen LogP contribution in [0.1, 0.15) is 5.56 Å². The molecule has 1 aromatic carbocycles. The van der Waals surface area contributed by atoms with Crippen LogP contribution in [0.5, 0.6) is 11.6 Å². The highest BCUT2D eigenvalue weighted by atomic mass is 35.5. The number of ether oxygens (including phenoxy) is 1. The normalized spacial score (nSPS) is 12.0. The first-order chi connectivity index (χ1) is 13.0. The molecule has 12 heteroatoms. The summed E-state index contributed by atoms with van der Waals surface area (Å²) in [6.45, 7) is 0. The van der Waals surface area contributed by atoms with Crippen LogP contribution in [-0.2, 0) is 16.2 Å². The Morgan fingerprint density at radius 1 is 1.11 bits per heavy atom. The smallest absolute Gasteiger partial charge is 0.417 e. The van der Waals surface area contributed by atoms with E-state index in [-0.39, 0.29) is 26.5 Å². The lowest BCUT2D eigenvalue weighted by molar-refractivity contribution is -0.137. The van der Waals surface area contributed by atoms with E-state index in [2.05, 4.69) is 9.71 Å². The van der Waals surface area contributed by atoms with Gasteiger partial charge in [0.2, 0.25) is 5.88 Å². The van der Waals surface area contributed by atoms with Crippen molar-refractivity contribution < 1.29 is 26.3 Å². The molecule has 0 amide bonds. The lowest BCUT2D eigenvalue weighted by Crippen LogP contribution is -2.11. The number of aromatic nitrogens is 1. The van der Waals surface area contributed by atoms with Crippen molar-refractivity contribution in [3.63, 3.8) is 0 Å². The third kappa shape index (κ3) is 4.88. The molecule has 0 aliphatic heterocycles. The molecule has 148 valence electrons. The summed E-state index contributed by atoms with van der Waals surface area (Å²) in [5.74, 6) is -0.127. The number of nitrogens with one attached hydrogen (secondary N) is 1. The lowest BCUT2D eigenvalue weighted by atomic mass is 10.3. The van der Waals surface area contributed by atoms with Gasteiger partial charge in [-0.1, -0.05) is 29.3 Å². The molecule has 0 atom stereocenters. The quantitative estimate of drug-likeness (QED) is 0.493. The average molecular weight is 469 g/mol. The molecule has 0 bridgehead atoms. The van der Waals surface area contributed by atoms with Gasteiger partial charge in [0.05, 0.1) is 15.6 Å². The molecule has 3 rings (SSSR count). The van der Waals surface area contributed by atoms with Gasteiger partial charge in [0.25, 0.3) is 10.0 Å². The fourth-order valence-electron chi connectivity index (χ4n) is 2.04. The molecule has 2 heterocycles. The summed E-state index contributed by atoms with van der Waals surface area (Å²) in [5, 5.41) is -0.339. The van der Waals surface area contributed by atoms with E-state index < -0.39 is 21.8 Å². The van der Waals surface area contributed by atoms with E-state index in [1.165, 1.54) is 36.4 Å². The van der Waals surface area contributed by atoms with Crippen molar-refractivity contribution >= 4 is 50.2 Å². The van der Waals surface area contributed by atoms with E-state index >= 15 is 0 Å². The van der Waals surface area contributed by atoms with E-state index in [9.17, 15) is 21.6 Å². The van der Waals surface area contributed by atoms with Crippen LogP contribution in [0.4, 0.5) is 18.9 Å². The fourth-order valence-corrected chi connectivity index (χ4v) is 4.77. The number of nitrogens with zero attached hydrogens (tertiary/aromatic N) is 1. The van der Waals surface area contributed by atoms with E-state index in [4.69, 9.17) is 27.9 Å². The molecule has 0 unspecified atom stereocenters. The first-order valence-electron chi connectivity index (χ1n) is 7.33. The molecule has 2 aromatic heterocycles. The summed E-state index contributed by atoms with van der Waals surface area (Å²) in [7, 11) is -3.85. The van der Waals surface area contributed by atoms with Crippen LogP contribution in [-0.4, -0.2) is 13.4 Å². The van der Waals surface area contributed by atoms with E-state index in [0.717, 1.165) is 11.3 Å². The monoisotopic (exact) mass is 468 g/mol. The number of rotatable bonds is 5. The van der Waals surface area contributed by atoms with Crippen LogP contribution in [0.15, 0.2) is 52.9 Å². The Hall–Kier alpha value is -2.01. The van der Waals surface area contributed by atoms with Gasteiger partial charge in [-0.25, -0.2) is 13.4 Å². The Labute approximate surface area is 171 Å². The van der Waals surface area contributed by atoms with Crippen LogP contribution in [0.3, 0.4) is 0 Å². The van der Waals surface area contributed by atoms with Gasteiger partial charge in [-0.05, 0) is 30.3 Å². The minimum Gasteiger partial charge on any atom is -0.437 e. The molecule has 0 aliphatic rings. The molecular weight excluding hydrogens is 460 g/mol. The number of halogens is 5. The lowest BCUT2D eigenvalue weighted by Gasteiger charge is -2.11. The molecule has 0 saturated heterocycles. The second-order valence-electron chi connectivity index (χ2n) is 5.30. The highest BCUT2D eigenvalue weighted by Gasteiger charge is 2.31. The number of pyridine rings is 1. The fraction of sp³-hybridized carbons (Fsp3) is 0.0625. The SMILES string of the molecule is O=S(=O)(Nc1cccc(Oc2ncc(C(F)(F)F)cc2Cl)c1)c1ccc(Cl)s1. The van der Waals surface area contributed by atoms with E-state index in [1.807, 2.05) is 0 Å². The highest BCUT2D eigenvalue weighted by Crippen LogP contribution is 2.35. The second-order valence-corrected chi connectivity index (χ2v) is 9.33. The van der Waals surface area contributed by atoms with Crippen molar-refractivity contribution in [3.8, 4) is 11.6 Å². The van der Waals surface area contributed by atoms with Gasteiger partial charge < -0.3 is 4.74 Å². The first-order valence-corrected chi connectivity index (χ1v) is 10.4. The van der Waals surface area contributed by atoms with Gasteiger partial charge in [-0.3, -0.25) is 4.72 Å². The Bertz CT molecular complexity index is 1120. The Morgan fingerprint density at radius 3 is 2.46 bits per heavy atom. The highest BCUT2D eigenvalue weighted by molar-refractivity contribution is 7.94. The maximum absolute atomic E-state index is 12.7. The van der Waals surface area contributed by atoms with Crippen LogP contribution >= 0.6 is 34.5 Å². The zero-order valence-electron chi connectivity index (χ0n) is 13.5. The maximum Gasteiger partial charge on any atom is 0.417 e. The molecule has 0 spiro atoms. The Morgan fingerprint density at radius 2 is 1.86 bits per heavy atom. The predicted molar refractivity (Wildman–Crippen MR) is 101 cm³/mol. The van der Waals surface area contributed by atoms with Crippen molar-refractivity contribution in [3.05, 3.63) is 63.6 Å². The average Bonchev–Trinajstić information content (AvgIpc) is 3.03. The molecular formula is C16H9Cl2F3N2O3S2. The van der Waals surface area contributed by atoms with Crippen LogP contribution in [0, 0.1) is 0 Å². The molecule has 1 N–H and O–H groups in total. The maximum atomic E-state index is 12.7. The summed E-state index contributed by atoms with van der Waals surface area (Å²) < 4.78 is 70.7. The zero-order valence-corrected chi connectivity index (χ0v) is 16.6. The summed E-state index contributed by atoms with van der Waals surface area (Å²) in [6, 6.07) is 9.28. The minimum atomic E-state index is -4.59. The molecule has 0 fully saturated rings. The summed E-state index contributed by atoms with van der Waals surface area (Å²) >= 11 is 12.4. The van der Waals surface area contributed by atoms with Gasteiger partial charge >= 0.3 is 6.18 Å². The van der Waals surface area contributed by atoms with Crippen molar-refractivity contribution in [1.29, 1.82) is 0 Å². The second kappa shape index (κ2) is 7.78. The van der Waals surface area contributed by atoms with Gasteiger partial charge in [-0.15, -0.1) is 11.3 Å². The largest absolute Gasteiger partial charge is 0.437 e. The van der Waals surface area contributed by atoms with Crippen LogP contribution in [0.2, 0.25) is 9.36 Å². The first kappa shape index (κ1) is 20.7. The predicted octanol–water partition coefficient (Wildman–Crippen LogP) is 6.06. The minimum absolute atomic E-state index is 0.0243. The Balaban J connectivity index is 1.81. The van der Waals surface area contributed by atoms with Crippen molar-refractivity contribution in [2.45, 2.75) is 10.4 Å². The van der Waals surface area contributed by atoms with Gasteiger partial charge in [0.15, 0.2) is 0 Å². The number of sulfonamides is 1. The van der Waals surface area contributed by atoms with Crippen LogP contribution < -0.4 is 9.46 Å². The molecule has 3 aromatic rings. The molecule has 0 radical (unpaired) electrons. The van der Waals surface area contributed by atoms with E-state index in [0.29, 0.717) is 16.6 Å². The Kier molecular flexibility index (Phi) is 5.76. The van der Waals surface area contributed by atoms with Crippen molar-refractivity contribution in [1.82, 2.24) is 4.98 Å². The molecule has 0 saturated carbocycles. The number of anilines is 1. The van der Waals surface area contributed by atoms with Gasteiger partial charge in [0, 0.05) is 12.3 Å². The third-order valence-electron chi connectivity index (χ3n) is 3.25. The molecule has 5 nitrogen and oxygen atoms in total. The standard InChI is InChI=1S/C16H9Cl2F3N2O3S2/c17-12-6-9(16(19,20)21)8-22-15(12)26-11-3-1-2-10(7-11)23-28(24,25)14-5-4-13(18)27-14/h1-8,23H. The van der Waals surface area contributed by atoms with Crippen LogP contribution in [0.25, 0.3) is 0 Å². The number of hydrogen-bond donors (Lipinski definition) is 1. The number of alkyl halides is 3. The summed E-state index contributed by atoms with van der Waals surface area (Å²) in [5.41, 5.74) is -0.842. The van der Waals surface area contributed by atoms with Crippen molar-refractivity contribution in [2.24, 2.45) is 0 Å². The van der Waals surface area contributed by atoms with Crippen molar-refractivity contribution in [2.75, 3.05) is 4.72 Å². The summed E-state index contributed by atoms with van der Waals surface area (Å²) in [4.78, 5) is 3.57. The number of benzene rings is 1. The molecule has 28 heavy (non-hydrogen) atoms. The third-order valence-corrected chi connectivity index (χ3v) is 6.62. The topological polar surface area (TPSA) is 68.3 Å². The van der Waals surface area contributed by atoms with Gasteiger partial charge in [0.1, 0.15) is 15.0 Å². The zero-order chi connectivity index (χ0) is 20.5. The summed E-state index contributed by atoms with van der Waals surface area (Å²) in [6.07, 6.45) is -3.99.